The summed E-state index contributed by atoms with van der Waals surface area (Å²) in [5.41, 5.74) is 0. The summed E-state index contributed by atoms with van der Waals surface area (Å²) in [6.07, 6.45) is 0. The molecular formula is Mn3O12Tb. The van der Waals surface area contributed by atoms with Gasteiger partial charge in [-0.1, -0.05) is 0 Å². The van der Waals surface area contributed by atoms with Gasteiger partial charge < -0.3 is 0 Å². The van der Waals surface area contributed by atoms with Gasteiger partial charge in [-0.05, 0) is 0 Å². The molecule has 0 fully saturated rings. The summed E-state index contributed by atoms with van der Waals surface area (Å²) in [4.78, 5) is 0. The summed E-state index contributed by atoms with van der Waals surface area (Å²) < 4.78 is 103. The van der Waals surface area contributed by atoms with Crippen molar-refractivity contribution in [2.24, 2.45) is 0 Å². The van der Waals surface area contributed by atoms with E-state index in [1.165, 1.54) is 0 Å². The Bertz CT molecular complexity index is 480. The summed E-state index contributed by atoms with van der Waals surface area (Å²) in [6, 6.07) is 0. The van der Waals surface area contributed by atoms with Crippen LogP contribution in [0.1, 0.15) is 0 Å². The van der Waals surface area contributed by atoms with Crippen LogP contribution in [0.25, 0.3) is 0 Å². The van der Waals surface area contributed by atoms with Crippen molar-refractivity contribution in [2.75, 3.05) is 0 Å². The molecule has 12 nitrogen and oxygen atoms in total. The van der Waals surface area contributed by atoms with E-state index in [1.54, 1.807) is 0 Å². The van der Waals surface area contributed by atoms with Crippen molar-refractivity contribution in [3.63, 3.8) is 0 Å². The van der Waals surface area contributed by atoms with Crippen LogP contribution < -0.4 is 12.6 Å². The molecule has 0 aliphatic heterocycles. The van der Waals surface area contributed by atoms with Crippen molar-refractivity contribution in [3.8, 4) is 0 Å². The second kappa shape index (κ2) is 9.90. The monoisotopic (exact) mass is 516 g/mol. The largest absolute Gasteiger partial charge is 3.00 e. The van der Waals surface area contributed by atoms with Crippen molar-refractivity contribution < 1.29 is 125 Å². The Morgan fingerprint density at radius 2 is 0.438 bits per heavy atom. The van der Waals surface area contributed by atoms with Gasteiger partial charge in [-0.3, -0.25) is 0 Å². The first kappa shape index (κ1) is 25.7. The Balaban J connectivity index is -0.0000000655. The van der Waals surface area contributed by atoms with E-state index in [1.807, 2.05) is 0 Å². The van der Waals surface area contributed by atoms with E-state index in [-0.39, 0.29) is 38.6 Å². The fourth-order valence-electron chi connectivity index (χ4n) is 0. The number of hydrogen-bond acceptors (Lipinski definition) is 12. The fourth-order valence-corrected chi connectivity index (χ4v) is 0. The smallest absolute Gasteiger partial charge is 3.00 e. The maximum Gasteiger partial charge on any atom is 3.00 e. The minimum Gasteiger partial charge on any atom is 3.00 e. The van der Waals surface area contributed by atoms with E-state index in [0.29, 0.717) is 0 Å². The molecule has 16 heteroatoms. The average Bonchev–Trinajstić information content (AvgIpc) is 1.41. The molecule has 0 atom stereocenters. The van der Waals surface area contributed by atoms with Crippen molar-refractivity contribution in [1.82, 2.24) is 0 Å². The van der Waals surface area contributed by atoms with Gasteiger partial charge in [-0.25, -0.2) is 0 Å². The molecule has 0 heterocycles. The molecule has 0 radical (unpaired) electrons. The Kier molecular flexibility index (Phi) is 15.9. The van der Waals surface area contributed by atoms with Gasteiger partial charge in [0.1, 0.15) is 0 Å². The standard InChI is InChI=1S/3Mn.12O.Tb/q;;;;;;;;;;;;3*-1;+3. The second-order valence-corrected chi connectivity index (χ2v) is 4.68. The van der Waals surface area contributed by atoms with E-state index in [0.717, 1.165) is 0 Å². The minimum absolute atomic E-state index is 0. The van der Waals surface area contributed by atoms with Crippen LogP contribution >= 0.6 is 0 Å². The first-order valence-electron chi connectivity index (χ1n) is 1.85. The molecule has 0 aromatic heterocycles. The third-order valence-corrected chi connectivity index (χ3v) is 0. The zero-order valence-electron chi connectivity index (χ0n) is 6.37. The van der Waals surface area contributed by atoms with E-state index in [4.69, 9.17) is 47.1 Å². The predicted octanol–water partition coefficient (Wildman–Crippen LogP) is -4.64. The van der Waals surface area contributed by atoms with Crippen LogP contribution in [0, 0.1) is 38.6 Å². The molecule has 0 amide bonds. The SMILES string of the molecule is [O]=[Mn](=[O])(=[O])[O-].[O]=[Mn](=[O])(=[O])[O-].[O]=[Mn](=[O])(=[O])[O-].[Tb+3]. The molecule has 0 N–H and O–H groups in total. The van der Waals surface area contributed by atoms with Gasteiger partial charge in [0.2, 0.25) is 0 Å². The van der Waals surface area contributed by atoms with E-state index >= 15 is 0 Å². The molecule has 0 spiro atoms. The molecule has 0 aromatic carbocycles. The van der Waals surface area contributed by atoms with Crippen molar-refractivity contribution in [3.05, 3.63) is 0 Å². The zero-order chi connectivity index (χ0) is 13.5. The number of hydrogen-bond donors (Lipinski definition) is 0. The van der Waals surface area contributed by atoms with Crippen LogP contribution in [0.5, 0.6) is 0 Å². The molecule has 0 unspecified atom stereocenters. The summed E-state index contributed by atoms with van der Waals surface area (Å²) >= 11 is -16.9. The third-order valence-electron chi connectivity index (χ3n) is 0. The van der Waals surface area contributed by atoms with Gasteiger partial charge in [0.25, 0.3) is 0 Å². The van der Waals surface area contributed by atoms with Gasteiger partial charge in [0, 0.05) is 0 Å². The van der Waals surface area contributed by atoms with Crippen molar-refractivity contribution in [1.29, 1.82) is 0 Å². The Hall–Kier alpha value is 0.924. The molecule has 0 rings (SSSR count). The van der Waals surface area contributed by atoms with Gasteiger partial charge in [-0.2, -0.15) is 0 Å². The van der Waals surface area contributed by atoms with E-state index < -0.39 is 38.9 Å². The summed E-state index contributed by atoms with van der Waals surface area (Å²) in [6.45, 7) is 0. The maximum atomic E-state index is 8.58. The number of rotatable bonds is 0. The van der Waals surface area contributed by atoms with Gasteiger partial charge >= 0.3 is 125 Å². The minimum atomic E-state index is -5.62. The molecule has 0 bridgehead atoms. The predicted molar refractivity (Wildman–Crippen MR) is 6.18 cm³/mol. The van der Waals surface area contributed by atoms with Crippen LogP contribution in [0.3, 0.4) is 0 Å². The Labute approximate surface area is 123 Å². The summed E-state index contributed by atoms with van der Waals surface area (Å²) in [7, 11) is 0. The summed E-state index contributed by atoms with van der Waals surface area (Å²) in [5.74, 6) is 0. The van der Waals surface area contributed by atoms with Crippen LogP contribution in [0.15, 0.2) is 0 Å². The Morgan fingerprint density at radius 1 is 0.438 bits per heavy atom. The maximum absolute atomic E-state index is 8.58. The fraction of sp³-hybridized carbons (Fsp3) is 0. The van der Waals surface area contributed by atoms with E-state index in [9.17, 15) is 0 Å². The average molecular weight is 516 g/mol. The normalized spacial score (nSPS) is 10.7. The molecule has 0 saturated heterocycles. The third kappa shape index (κ3) is 3390. The molecule has 16 heavy (non-hydrogen) atoms. The van der Waals surface area contributed by atoms with E-state index in [2.05, 4.69) is 0 Å². The molecule has 0 aliphatic rings. The van der Waals surface area contributed by atoms with Crippen LogP contribution in [0.2, 0.25) is 0 Å². The van der Waals surface area contributed by atoms with Gasteiger partial charge in [-0.15, -0.1) is 0 Å². The van der Waals surface area contributed by atoms with Crippen molar-refractivity contribution >= 4 is 0 Å². The topological polar surface area (TPSA) is 223 Å². The molecule has 0 saturated carbocycles. The van der Waals surface area contributed by atoms with Crippen LogP contribution in [0.4, 0.5) is 0 Å². The van der Waals surface area contributed by atoms with Gasteiger partial charge in [0.15, 0.2) is 0 Å². The molecule has 0 aliphatic carbocycles. The van der Waals surface area contributed by atoms with Crippen molar-refractivity contribution in [2.45, 2.75) is 0 Å². The second-order valence-electron chi connectivity index (χ2n) is 1.13. The van der Waals surface area contributed by atoms with Crippen LogP contribution in [-0.2, 0) is 73.4 Å². The molecule has 0 aromatic rings. The molecule has 102 valence electrons. The molecular weight excluding hydrogens is 516 g/mol. The Morgan fingerprint density at radius 3 is 0.438 bits per heavy atom. The van der Waals surface area contributed by atoms with Gasteiger partial charge in [0.05, 0.1) is 0 Å². The summed E-state index contributed by atoms with van der Waals surface area (Å²) in [5, 5.41) is 0. The zero-order valence-corrected chi connectivity index (χ0v) is 12.0. The quantitative estimate of drug-likeness (QED) is 0.278. The first-order chi connectivity index (χ1) is 6.00. The van der Waals surface area contributed by atoms with Crippen LogP contribution in [-0.4, -0.2) is 0 Å². The first-order valence-corrected chi connectivity index (χ1v) is 7.63.